The first-order valence-electron chi connectivity index (χ1n) is 8.30. The summed E-state index contributed by atoms with van der Waals surface area (Å²) >= 11 is 0. The van der Waals surface area contributed by atoms with Crippen molar-refractivity contribution in [3.8, 4) is 5.75 Å². The maximum absolute atomic E-state index is 7.76. The molecular weight excluding hydrogens is 312 g/mol. The van der Waals surface area contributed by atoms with Gasteiger partial charge in [0.15, 0.2) is 0 Å². The first-order valence-corrected chi connectivity index (χ1v) is 8.30. The van der Waals surface area contributed by atoms with Crippen molar-refractivity contribution in [2.75, 3.05) is 7.11 Å². The summed E-state index contributed by atoms with van der Waals surface area (Å²) in [6.45, 7) is 8.82. The predicted octanol–water partition coefficient (Wildman–Crippen LogP) is 4.95. The second-order valence-electron chi connectivity index (χ2n) is 7.01. The molecule has 25 heavy (non-hydrogen) atoms. The van der Waals surface area contributed by atoms with Crippen molar-refractivity contribution in [3.05, 3.63) is 65.2 Å². The Labute approximate surface area is 150 Å². The van der Waals surface area contributed by atoms with E-state index in [0.29, 0.717) is 18.0 Å². The molecule has 0 unspecified atom stereocenters. The number of rotatable bonds is 6. The third-order valence-electron chi connectivity index (χ3n) is 3.89. The summed E-state index contributed by atoms with van der Waals surface area (Å²) < 4.78 is 5.85. The van der Waals surface area contributed by atoms with E-state index in [2.05, 4.69) is 50.2 Å². The zero-order valence-electron chi connectivity index (χ0n) is 15.6. The number of hydrogen-bond acceptors (Lipinski definition) is 4. The third-order valence-corrected chi connectivity index (χ3v) is 3.89. The molecule has 0 aliphatic heterocycles. The summed E-state index contributed by atoms with van der Waals surface area (Å²) in [6, 6.07) is 16.1. The van der Waals surface area contributed by atoms with E-state index in [1.807, 2.05) is 24.3 Å². The number of oxime groups is 1. The van der Waals surface area contributed by atoms with Crippen LogP contribution in [0.4, 0.5) is 0 Å². The lowest BCUT2D eigenvalue weighted by molar-refractivity contribution is 0.214. The van der Waals surface area contributed by atoms with Gasteiger partial charge in [0.2, 0.25) is 0 Å². The standard InChI is InChI=1S/C21H26N2O2/c1-15(22)20(23-24-5)17-8-12-19(13-9-17)25-14-16-6-10-18(11-7-16)21(2,3)4/h6-13,22H,14H2,1-5H3. The van der Waals surface area contributed by atoms with Crippen molar-refractivity contribution in [3.63, 3.8) is 0 Å². The van der Waals surface area contributed by atoms with Crippen LogP contribution in [0.1, 0.15) is 44.4 Å². The molecule has 0 aliphatic rings. The molecule has 0 bridgehead atoms. The zero-order chi connectivity index (χ0) is 18.4. The number of ether oxygens (including phenoxy) is 1. The highest BCUT2D eigenvalue weighted by Crippen LogP contribution is 2.22. The molecule has 0 spiro atoms. The quantitative estimate of drug-likeness (QED) is 0.598. The van der Waals surface area contributed by atoms with E-state index in [1.54, 1.807) is 6.92 Å². The van der Waals surface area contributed by atoms with Crippen molar-refractivity contribution in [2.45, 2.75) is 39.7 Å². The molecule has 0 fully saturated rings. The molecule has 2 aromatic rings. The fraction of sp³-hybridized carbons (Fsp3) is 0.333. The van der Waals surface area contributed by atoms with Crippen LogP contribution in [0, 0.1) is 5.41 Å². The van der Waals surface area contributed by atoms with Gasteiger partial charge in [-0.15, -0.1) is 0 Å². The summed E-state index contributed by atoms with van der Waals surface area (Å²) in [4.78, 5) is 4.80. The Bertz CT molecular complexity index is 739. The summed E-state index contributed by atoms with van der Waals surface area (Å²) in [5.74, 6) is 0.781. The van der Waals surface area contributed by atoms with Crippen LogP contribution in [0.5, 0.6) is 5.75 Å². The molecule has 4 heteroatoms. The molecule has 2 aromatic carbocycles. The second-order valence-corrected chi connectivity index (χ2v) is 7.01. The fourth-order valence-corrected chi connectivity index (χ4v) is 2.41. The van der Waals surface area contributed by atoms with Crippen LogP contribution in [-0.4, -0.2) is 18.5 Å². The summed E-state index contributed by atoms with van der Waals surface area (Å²) in [7, 11) is 1.48. The number of benzene rings is 2. The monoisotopic (exact) mass is 338 g/mol. The first-order chi connectivity index (χ1) is 11.8. The van der Waals surface area contributed by atoms with Crippen LogP contribution in [0.2, 0.25) is 0 Å². The normalized spacial score (nSPS) is 12.0. The molecule has 0 aromatic heterocycles. The topological polar surface area (TPSA) is 54.7 Å². The second kappa shape index (κ2) is 7.97. The minimum absolute atomic E-state index is 0.156. The van der Waals surface area contributed by atoms with Crippen molar-refractivity contribution in [2.24, 2.45) is 5.16 Å². The van der Waals surface area contributed by atoms with Crippen LogP contribution in [0.3, 0.4) is 0 Å². The SMILES string of the molecule is CON=C(C(C)=N)c1ccc(OCc2ccc(C(C)(C)C)cc2)cc1. The van der Waals surface area contributed by atoms with Crippen molar-refractivity contribution in [1.82, 2.24) is 0 Å². The first kappa shape index (κ1) is 18.7. The lowest BCUT2D eigenvalue weighted by Crippen LogP contribution is -2.11. The highest BCUT2D eigenvalue weighted by Gasteiger charge is 2.13. The Morgan fingerprint density at radius 3 is 2.08 bits per heavy atom. The van der Waals surface area contributed by atoms with Gasteiger partial charge in [-0.2, -0.15) is 0 Å². The average Bonchev–Trinajstić information content (AvgIpc) is 2.58. The molecular formula is C21H26N2O2. The molecule has 0 radical (unpaired) electrons. The Hall–Kier alpha value is -2.62. The average molecular weight is 338 g/mol. The molecule has 0 saturated heterocycles. The maximum atomic E-state index is 7.76. The van der Waals surface area contributed by atoms with Gasteiger partial charge >= 0.3 is 0 Å². The lowest BCUT2D eigenvalue weighted by atomic mass is 9.87. The van der Waals surface area contributed by atoms with Crippen LogP contribution >= 0.6 is 0 Å². The minimum Gasteiger partial charge on any atom is -0.489 e. The third kappa shape index (κ3) is 5.18. The molecule has 2 rings (SSSR count). The lowest BCUT2D eigenvalue weighted by Gasteiger charge is -2.19. The predicted molar refractivity (Wildman–Crippen MR) is 103 cm³/mol. The van der Waals surface area contributed by atoms with Crippen molar-refractivity contribution >= 4 is 11.4 Å². The summed E-state index contributed by atoms with van der Waals surface area (Å²) in [5.41, 5.74) is 4.31. The molecule has 1 N–H and O–H groups in total. The van der Waals surface area contributed by atoms with Crippen LogP contribution in [-0.2, 0) is 16.9 Å². The summed E-state index contributed by atoms with van der Waals surface area (Å²) in [5, 5.41) is 11.7. The Balaban J connectivity index is 2.02. The van der Waals surface area contributed by atoms with E-state index in [4.69, 9.17) is 15.0 Å². The van der Waals surface area contributed by atoms with Gasteiger partial charge in [0, 0.05) is 5.56 Å². The Kier molecular flexibility index (Phi) is 5.97. The van der Waals surface area contributed by atoms with Gasteiger partial charge < -0.3 is 15.0 Å². The highest BCUT2D eigenvalue weighted by molar-refractivity contribution is 6.46. The van der Waals surface area contributed by atoms with Gasteiger partial charge in [-0.25, -0.2) is 0 Å². The van der Waals surface area contributed by atoms with Crippen molar-refractivity contribution < 1.29 is 9.57 Å². The van der Waals surface area contributed by atoms with Gasteiger partial charge in [-0.05, 0) is 47.7 Å². The molecule has 0 heterocycles. The van der Waals surface area contributed by atoms with Gasteiger partial charge in [-0.1, -0.05) is 50.2 Å². The molecule has 0 atom stereocenters. The molecule has 132 valence electrons. The Morgan fingerprint density at radius 2 is 1.60 bits per heavy atom. The van der Waals surface area contributed by atoms with Gasteiger partial charge in [-0.3, -0.25) is 0 Å². The van der Waals surface area contributed by atoms with E-state index in [1.165, 1.54) is 12.7 Å². The Morgan fingerprint density at radius 1 is 1.00 bits per heavy atom. The number of hydrogen-bond donors (Lipinski definition) is 1. The molecule has 0 amide bonds. The molecule has 0 aliphatic carbocycles. The molecule has 0 saturated carbocycles. The molecule has 4 nitrogen and oxygen atoms in total. The van der Waals surface area contributed by atoms with E-state index >= 15 is 0 Å². The fourth-order valence-electron chi connectivity index (χ4n) is 2.41. The van der Waals surface area contributed by atoms with E-state index in [-0.39, 0.29) is 5.41 Å². The number of nitrogens with one attached hydrogen (secondary N) is 1. The van der Waals surface area contributed by atoms with E-state index in [0.717, 1.165) is 16.9 Å². The van der Waals surface area contributed by atoms with E-state index < -0.39 is 0 Å². The highest BCUT2D eigenvalue weighted by atomic mass is 16.6. The van der Waals surface area contributed by atoms with Gasteiger partial charge in [0.05, 0.1) is 5.71 Å². The van der Waals surface area contributed by atoms with Crippen LogP contribution in [0.15, 0.2) is 53.7 Å². The zero-order valence-corrected chi connectivity index (χ0v) is 15.6. The minimum atomic E-state index is 0.156. The maximum Gasteiger partial charge on any atom is 0.130 e. The number of nitrogens with zero attached hydrogens (tertiary/aromatic N) is 1. The smallest absolute Gasteiger partial charge is 0.130 e. The van der Waals surface area contributed by atoms with Crippen molar-refractivity contribution in [1.29, 1.82) is 5.41 Å². The largest absolute Gasteiger partial charge is 0.489 e. The summed E-state index contributed by atoms with van der Waals surface area (Å²) in [6.07, 6.45) is 0. The van der Waals surface area contributed by atoms with Crippen LogP contribution < -0.4 is 4.74 Å². The van der Waals surface area contributed by atoms with Gasteiger partial charge in [0.1, 0.15) is 25.2 Å². The van der Waals surface area contributed by atoms with Crippen LogP contribution in [0.25, 0.3) is 0 Å². The van der Waals surface area contributed by atoms with E-state index in [9.17, 15) is 0 Å². The van der Waals surface area contributed by atoms with Gasteiger partial charge in [0.25, 0.3) is 0 Å².